The Bertz CT molecular complexity index is 1270. The second-order valence-electron chi connectivity index (χ2n) is 14.5. The van der Waals surface area contributed by atoms with Gasteiger partial charge in [-0.3, -0.25) is 4.79 Å². The molecule has 4 unspecified atom stereocenters. The smallest absolute Gasteiger partial charge is 0.264 e. The van der Waals surface area contributed by atoms with E-state index in [0.29, 0.717) is 30.1 Å². The molecular formula is C33H50FNO6S. The number of amides is 1. The maximum Gasteiger partial charge on any atom is 0.264 e. The van der Waals surface area contributed by atoms with E-state index >= 15 is 0 Å². The first-order chi connectivity index (χ1) is 19.8. The lowest BCUT2D eigenvalue weighted by molar-refractivity contribution is -0.203. The molecule has 0 aliphatic heterocycles. The van der Waals surface area contributed by atoms with Gasteiger partial charge >= 0.3 is 0 Å². The maximum atomic E-state index is 14.1. The van der Waals surface area contributed by atoms with Crippen molar-refractivity contribution in [2.45, 2.75) is 109 Å². The summed E-state index contributed by atoms with van der Waals surface area (Å²) in [5, 5.41) is 22.4. The number of benzene rings is 1. The number of methoxy groups -OCH3 is 1. The fourth-order valence-electron chi connectivity index (χ4n) is 10.6. The fourth-order valence-corrected chi connectivity index (χ4v) is 11.6. The molecule has 236 valence electrons. The summed E-state index contributed by atoms with van der Waals surface area (Å²) in [7, 11) is -2.89. The van der Waals surface area contributed by atoms with Crippen molar-refractivity contribution < 1.29 is 32.6 Å². The summed E-state index contributed by atoms with van der Waals surface area (Å²) in [5.41, 5.74) is 0.228. The third kappa shape index (κ3) is 5.29. The van der Waals surface area contributed by atoms with Crippen molar-refractivity contribution in [1.29, 1.82) is 0 Å². The minimum Gasteiger partial charge on any atom is -0.494 e. The van der Waals surface area contributed by atoms with Gasteiger partial charge in [0, 0.05) is 6.42 Å². The van der Waals surface area contributed by atoms with Crippen LogP contribution in [0.3, 0.4) is 0 Å². The van der Waals surface area contributed by atoms with Crippen LogP contribution in [0.15, 0.2) is 23.1 Å². The molecule has 1 aromatic carbocycles. The number of halogens is 1. The summed E-state index contributed by atoms with van der Waals surface area (Å²) >= 11 is 0. The summed E-state index contributed by atoms with van der Waals surface area (Å²) in [6.45, 7) is 9.21. The zero-order chi connectivity index (χ0) is 30.6. The van der Waals surface area contributed by atoms with Crippen LogP contribution < -0.4 is 9.46 Å². The van der Waals surface area contributed by atoms with E-state index in [1.807, 2.05) is 0 Å². The molecule has 4 saturated carbocycles. The predicted molar refractivity (Wildman–Crippen MR) is 158 cm³/mol. The second kappa shape index (κ2) is 11.7. The number of carbonyl (C=O) groups is 1. The van der Waals surface area contributed by atoms with Crippen molar-refractivity contribution in [1.82, 2.24) is 4.72 Å². The van der Waals surface area contributed by atoms with Gasteiger partial charge in [0.15, 0.2) is 11.6 Å². The quantitative estimate of drug-likeness (QED) is 0.351. The van der Waals surface area contributed by atoms with Crippen molar-refractivity contribution >= 4 is 15.9 Å². The van der Waals surface area contributed by atoms with Crippen LogP contribution in [0.4, 0.5) is 4.39 Å². The monoisotopic (exact) mass is 607 g/mol. The summed E-state index contributed by atoms with van der Waals surface area (Å²) < 4.78 is 46.5. The normalized spacial score (nSPS) is 40.4. The predicted octanol–water partition coefficient (Wildman–Crippen LogP) is 5.68. The number of carbonyl (C=O) groups excluding carboxylic acids is 1. The Kier molecular flexibility index (Phi) is 8.80. The minimum absolute atomic E-state index is 0.0658. The minimum atomic E-state index is -4.19. The van der Waals surface area contributed by atoms with Crippen molar-refractivity contribution in [3.8, 4) is 5.75 Å². The zero-order valence-electron chi connectivity index (χ0n) is 25.8. The van der Waals surface area contributed by atoms with Crippen LogP contribution >= 0.6 is 0 Å². The van der Waals surface area contributed by atoms with Crippen LogP contribution in [0.2, 0.25) is 0 Å². The lowest BCUT2D eigenvalue weighted by Gasteiger charge is -2.64. The van der Waals surface area contributed by atoms with Gasteiger partial charge in [0.1, 0.15) is 0 Å². The van der Waals surface area contributed by atoms with Crippen LogP contribution in [0.1, 0.15) is 91.9 Å². The summed E-state index contributed by atoms with van der Waals surface area (Å²) in [6.07, 6.45) is 8.00. The number of aliphatic hydroxyl groups is 2. The highest BCUT2D eigenvalue weighted by Crippen LogP contribution is 2.69. The van der Waals surface area contributed by atoms with Gasteiger partial charge in [-0.2, -0.15) is 0 Å². The van der Waals surface area contributed by atoms with Gasteiger partial charge in [0.2, 0.25) is 5.91 Å². The molecule has 3 N–H and O–H groups in total. The summed E-state index contributed by atoms with van der Waals surface area (Å²) in [4.78, 5) is 12.4. The van der Waals surface area contributed by atoms with Crippen molar-refractivity contribution in [2.24, 2.45) is 52.3 Å². The van der Waals surface area contributed by atoms with E-state index in [1.54, 1.807) is 0 Å². The molecule has 1 amide bonds. The van der Waals surface area contributed by atoms with E-state index in [9.17, 15) is 27.8 Å². The summed E-state index contributed by atoms with van der Waals surface area (Å²) in [6, 6.07) is 3.30. The van der Waals surface area contributed by atoms with Crippen molar-refractivity contribution in [3.05, 3.63) is 24.0 Å². The molecule has 0 saturated heterocycles. The molecule has 0 heterocycles. The number of ether oxygens (including phenoxy) is 1. The molecule has 4 fully saturated rings. The van der Waals surface area contributed by atoms with Gasteiger partial charge < -0.3 is 14.9 Å². The molecule has 9 heteroatoms. The highest BCUT2D eigenvalue weighted by Gasteiger charge is 2.64. The van der Waals surface area contributed by atoms with Crippen molar-refractivity contribution in [2.75, 3.05) is 7.11 Å². The van der Waals surface area contributed by atoms with Crippen LogP contribution in [0, 0.1) is 58.1 Å². The van der Waals surface area contributed by atoms with Gasteiger partial charge in [-0.1, -0.05) is 34.1 Å². The molecule has 0 aromatic heterocycles. The Morgan fingerprint density at radius 2 is 1.79 bits per heavy atom. The number of hydrogen-bond donors (Lipinski definition) is 3. The maximum absolute atomic E-state index is 14.1. The van der Waals surface area contributed by atoms with Crippen molar-refractivity contribution in [3.63, 3.8) is 0 Å². The Balaban J connectivity index is 1.25. The molecule has 11 atom stereocenters. The Morgan fingerprint density at radius 1 is 1.10 bits per heavy atom. The third-order valence-electron chi connectivity index (χ3n) is 12.7. The van der Waals surface area contributed by atoms with Crippen LogP contribution in [0.25, 0.3) is 0 Å². The molecule has 5 rings (SSSR count). The average molecular weight is 608 g/mol. The largest absolute Gasteiger partial charge is 0.494 e. The number of sulfonamides is 1. The number of aliphatic hydroxyl groups excluding tert-OH is 2. The molecule has 1 aromatic rings. The lowest BCUT2D eigenvalue weighted by Crippen LogP contribution is -2.62. The molecule has 4 aliphatic carbocycles. The molecule has 0 spiro atoms. The molecule has 0 radical (unpaired) electrons. The third-order valence-corrected chi connectivity index (χ3v) is 14.0. The fraction of sp³-hybridized carbons (Fsp3) is 0.788. The van der Waals surface area contributed by atoms with Gasteiger partial charge in [0.25, 0.3) is 10.0 Å². The highest BCUT2D eigenvalue weighted by molar-refractivity contribution is 7.90. The van der Waals surface area contributed by atoms with E-state index in [2.05, 4.69) is 32.4 Å². The van der Waals surface area contributed by atoms with Gasteiger partial charge in [0.05, 0.1) is 24.2 Å². The first-order valence-electron chi connectivity index (χ1n) is 16.0. The highest BCUT2D eigenvalue weighted by atomic mass is 32.2. The molecule has 0 bridgehead atoms. The first-order valence-corrected chi connectivity index (χ1v) is 17.5. The molecule has 7 nitrogen and oxygen atoms in total. The average Bonchev–Trinajstić information content (AvgIpc) is 3.29. The zero-order valence-corrected chi connectivity index (χ0v) is 26.6. The van der Waals surface area contributed by atoms with E-state index in [-0.39, 0.29) is 57.9 Å². The summed E-state index contributed by atoms with van der Waals surface area (Å²) in [5.74, 6) is 0.906. The van der Waals surface area contributed by atoms with E-state index in [1.165, 1.54) is 19.2 Å². The van der Waals surface area contributed by atoms with Crippen LogP contribution in [-0.2, 0) is 14.8 Å². The van der Waals surface area contributed by atoms with Crippen LogP contribution in [-0.4, -0.2) is 43.9 Å². The van der Waals surface area contributed by atoms with E-state index in [0.717, 1.165) is 57.4 Å². The lowest BCUT2D eigenvalue weighted by atomic mass is 9.41. The Hall–Kier alpha value is -1.71. The Labute approximate surface area is 251 Å². The standard InChI is InChI=1S/C33H50FNO6S/c1-6-22-26-17-20(36)13-15-33(26,4)25-14-16-32(3)23(9-10-24(32)30(25)31(22)38)19(2)7-12-29(37)35-42(39,40)21-8-11-28(41-5)27(34)18-21/h8,11,18-20,22-26,30-31,36,38H,6-7,9-10,12-17H2,1-5H3,(H,35,37)/t19-,20-,22-,23?,24+,25+,26?,30+,31-,32?,33?/m1/s1. The topological polar surface area (TPSA) is 113 Å². The number of rotatable bonds is 8. The Morgan fingerprint density at radius 3 is 2.45 bits per heavy atom. The number of fused-ring (bicyclic) bond motifs is 5. The van der Waals surface area contributed by atoms with Gasteiger partial charge in [-0.25, -0.2) is 17.5 Å². The van der Waals surface area contributed by atoms with Crippen LogP contribution in [0.5, 0.6) is 5.75 Å². The van der Waals surface area contributed by atoms with Gasteiger partial charge in [-0.15, -0.1) is 0 Å². The molecular weight excluding hydrogens is 557 g/mol. The first kappa shape index (κ1) is 31.7. The number of nitrogens with one attached hydrogen (secondary N) is 1. The molecule has 42 heavy (non-hydrogen) atoms. The molecule has 4 aliphatic rings. The van der Waals surface area contributed by atoms with E-state index < -0.39 is 21.7 Å². The number of hydrogen-bond acceptors (Lipinski definition) is 6. The van der Waals surface area contributed by atoms with E-state index in [4.69, 9.17) is 4.74 Å². The second-order valence-corrected chi connectivity index (χ2v) is 16.1. The SMILES string of the molecule is CC[C@@H]1C2C[C@H](O)CCC2(C)[C@H]2CCC3(C)C([C@H](C)CCC(=O)NS(=O)(=O)c4ccc(OC)c(F)c4)CC[C@H]3[C@@H]2[C@@H]1O. The van der Waals surface area contributed by atoms with Gasteiger partial charge in [-0.05, 0) is 122 Å².